The van der Waals surface area contributed by atoms with Crippen molar-refractivity contribution in [1.82, 2.24) is 5.32 Å². The number of halogens is 1. The standard InChI is InChI=1S/C12H17ClN2O2/c1-3-10(12(14)16)17-11-6-4-5-9(13)8(11)7-15-2/h4-6,10,15H,3,7H2,1-2H3,(H2,14,16). The lowest BCUT2D eigenvalue weighted by molar-refractivity contribution is -0.124. The lowest BCUT2D eigenvalue weighted by atomic mass is 10.2. The average Bonchev–Trinajstić information content (AvgIpc) is 2.29. The number of primary amides is 1. The molecule has 17 heavy (non-hydrogen) atoms. The van der Waals surface area contributed by atoms with Crippen LogP contribution in [0.1, 0.15) is 18.9 Å². The molecule has 0 radical (unpaired) electrons. The van der Waals surface area contributed by atoms with Crippen LogP contribution in [0.2, 0.25) is 5.02 Å². The summed E-state index contributed by atoms with van der Waals surface area (Å²) in [5.41, 5.74) is 6.07. The molecule has 0 aliphatic carbocycles. The lowest BCUT2D eigenvalue weighted by Crippen LogP contribution is -2.33. The zero-order valence-corrected chi connectivity index (χ0v) is 10.8. The van der Waals surface area contributed by atoms with Gasteiger partial charge in [0, 0.05) is 17.1 Å². The molecule has 0 fully saturated rings. The first-order chi connectivity index (χ1) is 8.10. The summed E-state index contributed by atoms with van der Waals surface area (Å²) in [5, 5.41) is 3.61. The van der Waals surface area contributed by atoms with Crippen molar-refractivity contribution >= 4 is 17.5 Å². The Labute approximate surface area is 106 Å². The Balaban J connectivity index is 2.96. The molecule has 0 aliphatic heterocycles. The Kier molecular flexibility index (Phi) is 5.25. The Bertz CT molecular complexity index is 396. The first-order valence-electron chi connectivity index (χ1n) is 5.48. The highest BCUT2D eigenvalue weighted by molar-refractivity contribution is 6.31. The largest absolute Gasteiger partial charge is 0.480 e. The van der Waals surface area contributed by atoms with Crippen molar-refractivity contribution in [1.29, 1.82) is 0 Å². The van der Waals surface area contributed by atoms with Gasteiger partial charge < -0.3 is 15.8 Å². The third kappa shape index (κ3) is 3.61. The minimum Gasteiger partial charge on any atom is -0.480 e. The number of carbonyl (C=O) groups excluding carboxylic acids is 1. The first-order valence-corrected chi connectivity index (χ1v) is 5.85. The normalized spacial score (nSPS) is 12.2. The summed E-state index contributed by atoms with van der Waals surface area (Å²) in [5.74, 6) is 0.125. The van der Waals surface area contributed by atoms with Crippen molar-refractivity contribution in [3.8, 4) is 5.75 Å². The van der Waals surface area contributed by atoms with Crippen LogP contribution in [-0.2, 0) is 11.3 Å². The van der Waals surface area contributed by atoms with Gasteiger partial charge in [-0.15, -0.1) is 0 Å². The third-order valence-corrected chi connectivity index (χ3v) is 2.74. The molecular formula is C12H17ClN2O2. The van der Waals surface area contributed by atoms with Crippen molar-refractivity contribution in [2.75, 3.05) is 7.05 Å². The highest BCUT2D eigenvalue weighted by Gasteiger charge is 2.17. The molecule has 94 valence electrons. The molecule has 1 atom stereocenters. The number of nitrogens with one attached hydrogen (secondary N) is 1. The summed E-state index contributed by atoms with van der Waals surface area (Å²) in [7, 11) is 1.82. The Morgan fingerprint density at radius 3 is 2.82 bits per heavy atom. The monoisotopic (exact) mass is 256 g/mol. The second kappa shape index (κ2) is 6.47. The molecule has 0 saturated carbocycles. The number of ether oxygens (including phenoxy) is 1. The fourth-order valence-electron chi connectivity index (χ4n) is 1.49. The van der Waals surface area contributed by atoms with Gasteiger partial charge in [-0.2, -0.15) is 0 Å². The van der Waals surface area contributed by atoms with Crippen molar-refractivity contribution in [3.05, 3.63) is 28.8 Å². The van der Waals surface area contributed by atoms with Crippen LogP contribution >= 0.6 is 11.6 Å². The fraction of sp³-hybridized carbons (Fsp3) is 0.417. The number of carbonyl (C=O) groups is 1. The van der Waals surface area contributed by atoms with Crippen LogP contribution in [0.15, 0.2) is 18.2 Å². The van der Waals surface area contributed by atoms with Gasteiger partial charge in [-0.3, -0.25) is 4.79 Å². The Morgan fingerprint density at radius 2 is 2.29 bits per heavy atom. The molecule has 0 heterocycles. The maximum Gasteiger partial charge on any atom is 0.258 e. The summed E-state index contributed by atoms with van der Waals surface area (Å²) in [6, 6.07) is 5.35. The van der Waals surface area contributed by atoms with E-state index in [4.69, 9.17) is 22.1 Å². The minimum absolute atomic E-state index is 0.470. The number of amides is 1. The van der Waals surface area contributed by atoms with Gasteiger partial charge in [0.25, 0.3) is 5.91 Å². The Morgan fingerprint density at radius 1 is 1.59 bits per heavy atom. The number of hydrogen-bond donors (Lipinski definition) is 2. The third-order valence-electron chi connectivity index (χ3n) is 2.39. The van der Waals surface area contributed by atoms with Gasteiger partial charge in [0.2, 0.25) is 0 Å². The van der Waals surface area contributed by atoms with Crippen LogP contribution in [0.25, 0.3) is 0 Å². The summed E-state index contributed by atoms with van der Waals surface area (Å²) in [6.45, 7) is 2.42. The van der Waals surface area contributed by atoms with Crippen LogP contribution < -0.4 is 15.8 Å². The van der Waals surface area contributed by atoms with E-state index in [9.17, 15) is 4.79 Å². The van der Waals surface area contributed by atoms with Gasteiger partial charge in [-0.1, -0.05) is 24.6 Å². The van der Waals surface area contributed by atoms with Crippen molar-refractivity contribution in [3.63, 3.8) is 0 Å². The zero-order valence-electron chi connectivity index (χ0n) is 10.00. The smallest absolute Gasteiger partial charge is 0.258 e. The van der Waals surface area contributed by atoms with E-state index in [0.29, 0.717) is 23.7 Å². The quantitative estimate of drug-likeness (QED) is 0.814. The fourth-order valence-corrected chi connectivity index (χ4v) is 1.73. The number of benzene rings is 1. The maximum atomic E-state index is 11.1. The van der Waals surface area contributed by atoms with Gasteiger partial charge in [-0.05, 0) is 25.6 Å². The van der Waals surface area contributed by atoms with E-state index >= 15 is 0 Å². The first kappa shape index (κ1) is 13.8. The predicted molar refractivity (Wildman–Crippen MR) is 68.1 cm³/mol. The highest BCUT2D eigenvalue weighted by Crippen LogP contribution is 2.27. The second-order valence-corrected chi connectivity index (χ2v) is 4.07. The van der Waals surface area contributed by atoms with Gasteiger partial charge in [-0.25, -0.2) is 0 Å². The molecular weight excluding hydrogens is 240 g/mol. The molecule has 1 amide bonds. The van der Waals surface area contributed by atoms with E-state index in [1.165, 1.54) is 0 Å². The molecule has 3 N–H and O–H groups in total. The maximum absolute atomic E-state index is 11.1. The van der Waals surface area contributed by atoms with Crippen LogP contribution in [0.4, 0.5) is 0 Å². The van der Waals surface area contributed by atoms with E-state index < -0.39 is 12.0 Å². The van der Waals surface area contributed by atoms with Crippen molar-refractivity contribution in [2.45, 2.75) is 26.0 Å². The molecule has 1 aromatic carbocycles. The number of rotatable bonds is 6. The molecule has 0 bridgehead atoms. The molecule has 1 rings (SSSR count). The Hall–Kier alpha value is -1.26. The van der Waals surface area contributed by atoms with Crippen molar-refractivity contribution in [2.24, 2.45) is 5.73 Å². The highest BCUT2D eigenvalue weighted by atomic mass is 35.5. The number of nitrogens with two attached hydrogens (primary N) is 1. The molecule has 5 heteroatoms. The summed E-state index contributed by atoms with van der Waals surface area (Å²) < 4.78 is 5.59. The van der Waals surface area contributed by atoms with Crippen LogP contribution in [0, 0.1) is 0 Å². The number of hydrogen-bond acceptors (Lipinski definition) is 3. The van der Waals surface area contributed by atoms with E-state index in [1.54, 1.807) is 18.2 Å². The minimum atomic E-state index is -0.621. The molecule has 4 nitrogen and oxygen atoms in total. The van der Waals surface area contributed by atoms with Gasteiger partial charge in [0.1, 0.15) is 5.75 Å². The second-order valence-electron chi connectivity index (χ2n) is 3.66. The van der Waals surface area contributed by atoms with Crippen molar-refractivity contribution < 1.29 is 9.53 Å². The van der Waals surface area contributed by atoms with E-state index in [1.807, 2.05) is 14.0 Å². The van der Waals surface area contributed by atoms with E-state index in [2.05, 4.69) is 5.32 Å². The van der Waals surface area contributed by atoms with Gasteiger partial charge >= 0.3 is 0 Å². The van der Waals surface area contributed by atoms with Crippen LogP contribution in [0.5, 0.6) is 5.75 Å². The van der Waals surface area contributed by atoms with Crippen LogP contribution in [-0.4, -0.2) is 19.1 Å². The summed E-state index contributed by atoms with van der Waals surface area (Å²) >= 11 is 6.08. The molecule has 0 spiro atoms. The zero-order chi connectivity index (χ0) is 12.8. The average molecular weight is 257 g/mol. The molecule has 0 aromatic heterocycles. The predicted octanol–water partition coefficient (Wildman–Crippen LogP) is 1.70. The van der Waals surface area contributed by atoms with Gasteiger partial charge in [0.05, 0.1) is 0 Å². The molecule has 0 aliphatic rings. The summed E-state index contributed by atoms with van der Waals surface area (Å²) in [4.78, 5) is 11.1. The SMILES string of the molecule is CCC(Oc1cccc(Cl)c1CNC)C(N)=O. The lowest BCUT2D eigenvalue weighted by Gasteiger charge is -2.17. The summed E-state index contributed by atoms with van der Waals surface area (Å²) in [6.07, 6.45) is -0.0926. The van der Waals surface area contributed by atoms with E-state index in [0.717, 1.165) is 5.56 Å². The topological polar surface area (TPSA) is 64.3 Å². The molecule has 1 unspecified atom stereocenters. The van der Waals surface area contributed by atoms with Crippen LogP contribution in [0.3, 0.4) is 0 Å². The molecule has 0 saturated heterocycles. The van der Waals surface area contributed by atoms with E-state index in [-0.39, 0.29) is 0 Å². The van der Waals surface area contributed by atoms with Gasteiger partial charge in [0.15, 0.2) is 6.10 Å². The molecule has 1 aromatic rings.